The van der Waals surface area contributed by atoms with Crippen molar-refractivity contribution < 1.29 is 14.5 Å². The molecule has 3 amide bonds. The molecule has 7 heteroatoms. The van der Waals surface area contributed by atoms with Crippen molar-refractivity contribution in [3.05, 3.63) is 29.3 Å². The summed E-state index contributed by atoms with van der Waals surface area (Å²) in [7, 11) is 0. The molecule has 1 aromatic carbocycles. The lowest BCUT2D eigenvalue weighted by atomic mass is 10.0. The highest BCUT2D eigenvalue weighted by atomic mass is 32.1. The molecule has 27 heavy (non-hydrogen) atoms. The van der Waals surface area contributed by atoms with Gasteiger partial charge < -0.3 is 10.2 Å². The van der Waals surface area contributed by atoms with Gasteiger partial charge in [-0.05, 0) is 37.3 Å². The van der Waals surface area contributed by atoms with Crippen LogP contribution in [0.3, 0.4) is 0 Å². The minimum atomic E-state index is -0.395. The van der Waals surface area contributed by atoms with Crippen molar-refractivity contribution in [3.63, 3.8) is 0 Å². The largest absolute Gasteiger partial charge is 0.338 e. The van der Waals surface area contributed by atoms with Gasteiger partial charge in [-0.3, -0.25) is 10.1 Å². The summed E-state index contributed by atoms with van der Waals surface area (Å²) in [6, 6.07) is 7.99. The Morgan fingerprint density at radius 2 is 2.11 bits per heavy atom. The van der Waals surface area contributed by atoms with Crippen LogP contribution in [0.4, 0.5) is 4.79 Å². The Hall–Kier alpha value is -1.99. The van der Waals surface area contributed by atoms with Crippen LogP contribution in [0.25, 0.3) is 10.2 Å². The summed E-state index contributed by atoms with van der Waals surface area (Å²) in [5, 5.41) is 6.32. The van der Waals surface area contributed by atoms with Gasteiger partial charge in [-0.15, -0.1) is 11.3 Å². The summed E-state index contributed by atoms with van der Waals surface area (Å²) >= 11 is 1.72. The SMILES string of the molecule is CC(C)CCNC(=O)NC(=O)C[NH+]1CCCC[C@H]1c1nc2ccccc2s1. The fraction of sp³-hybridized carbons (Fsp3) is 0.550. The number of hydrogen-bond donors (Lipinski definition) is 3. The minimum Gasteiger partial charge on any atom is -0.338 e. The van der Waals surface area contributed by atoms with Gasteiger partial charge in [0, 0.05) is 13.0 Å². The normalized spacial score (nSPS) is 20.0. The van der Waals surface area contributed by atoms with E-state index in [-0.39, 0.29) is 11.9 Å². The van der Waals surface area contributed by atoms with Crippen molar-refractivity contribution in [1.82, 2.24) is 15.6 Å². The molecule has 1 aliphatic rings. The molecule has 146 valence electrons. The van der Waals surface area contributed by atoms with Gasteiger partial charge >= 0.3 is 6.03 Å². The van der Waals surface area contributed by atoms with Crippen molar-refractivity contribution in [1.29, 1.82) is 0 Å². The zero-order chi connectivity index (χ0) is 19.2. The number of imide groups is 1. The van der Waals surface area contributed by atoms with Crippen LogP contribution < -0.4 is 15.5 Å². The van der Waals surface area contributed by atoms with E-state index >= 15 is 0 Å². The first kappa shape index (κ1) is 19.8. The molecule has 0 radical (unpaired) electrons. The van der Waals surface area contributed by atoms with Crippen LogP contribution in [0.1, 0.15) is 50.6 Å². The monoisotopic (exact) mass is 389 g/mol. The third-order valence-corrected chi connectivity index (χ3v) is 6.14. The molecule has 1 saturated heterocycles. The van der Waals surface area contributed by atoms with Gasteiger partial charge in [0.25, 0.3) is 5.91 Å². The zero-order valence-electron chi connectivity index (χ0n) is 16.1. The second kappa shape index (κ2) is 9.28. The van der Waals surface area contributed by atoms with E-state index in [2.05, 4.69) is 30.5 Å². The molecule has 2 heterocycles. The Morgan fingerprint density at radius 3 is 2.89 bits per heavy atom. The molecular weight excluding hydrogens is 360 g/mol. The van der Waals surface area contributed by atoms with Crippen molar-refractivity contribution >= 4 is 33.5 Å². The fourth-order valence-electron chi connectivity index (χ4n) is 3.52. The molecule has 3 N–H and O–H groups in total. The van der Waals surface area contributed by atoms with Crippen molar-refractivity contribution in [2.45, 2.75) is 45.6 Å². The number of amides is 3. The predicted molar refractivity (Wildman–Crippen MR) is 108 cm³/mol. The first-order chi connectivity index (χ1) is 13.0. The maximum absolute atomic E-state index is 12.4. The summed E-state index contributed by atoms with van der Waals surface area (Å²) in [4.78, 5) is 30.2. The van der Waals surface area contributed by atoms with Crippen molar-refractivity contribution in [2.24, 2.45) is 5.92 Å². The number of para-hydroxylation sites is 1. The summed E-state index contributed by atoms with van der Waals surface area (Å²) in [6.45, 7) is 6.03. The highest BCUT2D eigenvalue weighted by Crippen LogP contribution is 2.28. The van der Waals surface area contributed by atoms with Crippen LogP contribution >= 0.6 is 11.3 Å². The number of nitrogens with zero attached hydrogens (tertiary/aromatic N) is 1. The molecule has 1 fully saturated rings. The van der Waals surface area contributed by atoms with Crippen molar-refractivity contribution in [2.75, 3.05) is 19.6 Å². The summed E-state index contributed by atoms with van der Waals surface area (Å²) in [5.41, 5.74) is 1.02. The lowest BCUT2D eigenvalue weighted by Crippen LogP contribution is -3.14. The smallest absolute Gasteiger partial charge is 0.321 e. The maximum Gasteiger partial charge on any atom is 0.321 e. The van der Waals surface area contributed by atoms with E-state index in [9.17, 15) is 9.59 Å². The zero-order valence-corrected chi connectivity index (χ0v) is 16.9. The Balaban J connectivity index is 1.58. The van der Waals surface area contributed by atoms with Crippen LogP contribution in [0, 0.1) is 5.92 Å². The molecule has 1 aliphatic heterocycles. The molecule has 0 bridgehead atoms. The highest BCUT2D eigenvalue weighted by molar-refractivity contribution is 7.18. The topological polar surface area (TPSA) is 75.5 Å². The van der Waals surface area contributed by atoms with Crippen LogP contribution in [-0.4, -0.2) is 36.6 Å². The molecule has 6 nitrogen and oxygen atoms in total. The summed E-state index contributed by atoms with van der Waals surface area (Å²) < 4.78 is 1.19. The fourth-order valence-corrected chi connectivity index (χ4v) is 4.68. The number of piperidine rings is 1. The molecule has 1 unspecified atom stereocenters. The van der Waals surface area contributed by atoms with Crippen LogP contribution in [-0.2, 0) is 4.79 Å². The number of fused-ring (bicyclic) bond motifs is 1. The van der Waals surface area contributed by atoms with Gasteiger partial charge in [0.15, 0.2) is 11.6 Å². The Bertz CT molecular complexity index is 756. The first-order valence-corrected chi connectivity index (χ1v) is 10.6. The highest BCUT2D eigenvalue weighted by Gasteiger charge is 2.32. The van der Waals surface area contributed by atoms with E-state index in [1.807, 2.05) is 18.2 Å². The maximum atomic E-state index is 12.4. The van der Waals surface area contributed by atoms with Gasteiger partial charge in [0.05, 0.1) is 16.8 Å². The van der Waals surface area contributed by atoms with Crippen LogP contribution in [0.15, 0.2) is 24.3 Å². The number of hydrogen-bond acceptors (Lipinski definition) is 4. The van der Waals surface area contributed by atoms with Crippen LogP contribution in [0.5, 0.6) is 0 Å². The molecule has 3 rings (SSSR count). The standard InChI is InChI=1S/C20H28N4O2S/c1-14(2)10-11-21-20(26)23-18(25)13-24-12-6-5-8-16(24)19-22-15-7-3-4-9-17(15)27-19/h3-4,7,9,14,16H,5-6,8,10-13H2,1-2H3,(H2,21,23,25,26)/p+1/t16-/m0/s1. The van der Waals surface area contributed by atoms with Gasteiger partial charge in [-0.2, -0.15) is 0 Å². The Labute approximate surface area is 164 Å². The molecule has 0 spiro atoms. The number of nitrogens with one attached hydrogen (secondary N) is 3. The number of thiazole rings is 1. The number of rotatable bonds is 6. The third kappa shape index (κ3) is 5.49. The number of carbonyl (C=O) groups is 2. The van der Waals surface area contributed by atoms with E-state index in [0.29, 0.717) is 19.0 Å². The van der Waals surface area contributed by atoms with Gasteiger partial charge in [0.1, 0.15) is 6.04 Å². The molecule has 0 saturated carbocycles. The second-order valence-electron chi connectivity index (χ2n) is 7.64. The number of aromatic nitrogens is 1. The summed E-state index contributed by atoms with van der Waals surface area (Å²) in [5.74, 6) is 0.299. The lowest BCUT2D eigenvalue weighted by molar-refractivity contribution is -0.929. The quantitative estimate of drug-likeness (QED) is 0.709. The van der Waals surface area contributed by atoms with E-state index in [4.69, 9.17) is 4.98 Å². The molecule has 1 aromatic heterocycles. The predicted octanol–water partition coefficient (Wildman–Crippen LogP) is 2.28. The van der Waals surface area contributed by atoms with E-state index in [1.165, 1.54) is 9.60 Å². The second-order valence-corrected chi connectivity index (χ2v) is 8.70. The number of carbonyl (C=O) groups excluding carboxylic acids is 2. The Morgan fingerprint density at radius 1 is 1.30 bits per heavy atom. The van der Waals surface area contributed by atoms with Gasteiger partial charge in [-0.1, -0.05) is 26.0 Å². The average molecular weight is 390 g/mol. The summed E-state index contributed by atoms with van der Waals surface area (Å²) in [6.07, 6.45) is 4.19. The number of urea groups is 1. The van der Waals surface area contributed by atoms with Gasteiger partial charge in [0.2, 0.25) is 0 Å². The molecule has 0 aliphatic carbocycles. The molecular formula is C20H29N4O2S+. The van der Waals surface area contributed by atoms with E-state index in [0.717, 1.165) is 42.8 Å². The van der Waals surface area contributed by atoms with E-state index < -0.39 is 6.03 Å². The van der Waals surface area contributed by atoms with Crippen molar-refractivity contribution in [3.8, 4) is 0 Å². The molecule has 2 atom stereocenters. The average Bonchev–Trinajstić information content (AvgIpc) is 3.05. The number of benzene rings is 1. The molecule has 2 aromatic rings. The number of likely N-dealkylation sites (tertiary alicyclic amines) is 1. The van der Waals surface area contributed by atoms with Crippen LogP contribution in [0.2, 0.25) is 0 Å². The van der Waals surface area contributed by atoms with E-state index in [1.54, 1.807) is 11.3 Å². The minimum absolute atomic E-state index is 0.222. The van der Waals surface area contributed by atoms with Gasteiger partial charge in [-0.25, -0.2) is 9.78 Å². The third-order valence-electron chi connectivity index (χ3n) is 4.99. The first-order valence-electron chi connectivity index (χ1n) is 9.80. The lowest BCUT2D eigenvalue weighted by Gasteiger charge is -2.30. The Kier molecular flexibility index (Phi) is 6.79. The number of quaternary nitrogens is 1.